The topological polar surface area (TPSA) is 37.3 Å². The third kappa shape index (κ3) is 2.52. The van der Waals surface area contributed by atoms with Gasteiger partial charge >= 0.3 is 0 Å². The molecule has 4 saturated carbocycles. The van der Waals surface area contributed by atoms with Gasteiger partial charge < -0.3 is 9.90 Å². The highest BCUT2D eigenvalue weighted by Gasteiger charge is 2.58. The zero-order chi connectivity index (χ0) is 17.1. The smallest absolute Gasteiger partial charge is 0.128 e. The fourth-order valence-electron chi connectivity index (χ4n) is 7.75. The summed E-state index contributed by atoms with van der Waals surface area (Å²) in [5.41, 5.74) is -0.214. The highest BCUT2D eigenvalue weighted by atomic mass is 16.3. The van der Waals surface area contributed by atoms with E-state index >= 15 is 0 Å². The molecule has 3 heteroatoms. The number of Topliss-reactive ketones (excluding diaryl/α,β-unsaturated/α-hetero) is 1. The molecule has 4 rings (SSSR count). The molecule has 0 heterocycles. The minimum Gasteiger partial charge on any atom is -0.390 e. The van der Waals surface area contributed by atoms with E-state index in [4.69, 9.17) is 7.85 Å². The van der Waals surface area contributed by atoms with Crippen LogP contribution in [-0.4, -0.2) is 24.3 Å². The van der Waals surface area contributed by atoms with E-state index in [0.717, 1.165) is 48.9 Å². The lowest BCUT2D eigenvalue weighted by atomic mass is 9.49. The van der Waals surface area contributed by atoms with E-state index in [-0.39, 0.29) is 17.7 Å². The van der Waals surface area contributed by atoms with E-state index in [1.165, 1.54) is 38.5 Å². The molecule has 1 N–H and O–H groups in total. The van der Waals surface area contributed by atoms with Gasteiger partial charge in [0.1, 0.15) is 5.78 Å². The SMILES string of the molecule is [B]CC(=O)[C@H]1CC[C@H]2[C@@H]3CC[C@@H]4C[C@](C)(O)CC[C@@H]4[C@H]3CC[C@]12C. The molecule has 4 aliphatic carbocycles. The van der Waals surface area contributed by atoms with Crippen LogP contribution in [0.2, 0.25) is 6.32 Å². The van der Waals surface area contributed by atoms with Crippen molar-refractivity contribution in [2.24, 2.45) is 40.9 Å². The molecule has 0 amide bonds. The Hall–Kier alpha value is -0.305. The van der Waals surface area contributed by atoms with Crippen LogP contribution in [-0.2, 0) is 4.79 Å². The van der Waals surface area contributed by atoms with Gasteiger partial charge in [-0.2, -0.15) is 0 Å². The molecule has 24 heavy (non-hydrogen) atoms. The fraction of sp³-hybridized carbons (Fsp3) is 0.952. The van der Waals surface area contributed by atoms with E-state index < -0.39 is 5.60 Å². The van der Waals surface area contributed by atoms with Gasteiger partial charge in [-0.3, -0.25) is 0 Å². The number of hydrogen-bond acceptors (Lipinski definition) is 2. The first-order valence-corrected chi connectivity index (χ1v) is 10.3. The van der Waals surface area contributed by atoms with Gasteiger partial charge in [-0.25, -0.2) is 0 Å². The van der Waals surface area contributed by atoms with Crippen molar-refractivity contribution in [2.45, 2.75) is 83.6 Å². The van der Waals surface area contributed by atoms with Crippen molar-refractivity contribution in [3.63, 3.8) is 0 Å². The monoisotopic (exact) mass is 328 g/mol. The summed E-state index contributed by atoms with van der Waals surface area (Å²) in [4.78, 5) is 12.4. The molecule has 132 valence electrons. The predicted molar refractivity (Wildman–Crippen MR) is 96.8 cm³/mol. The maximum absolute atomic E-state index is 12.4. The second-order valence-electron chi connectivity index (χ2n) is 10.0. The zero-order valence-corrected chi connectivity index (χ0v) is 15.5. The summed E-state index contributed by atoms with van der Waals surface area (Å²) in [5, 5.41) is 10.5. The summed E-state index contributed by atoms with van der Waals surface area (Å²) < 4.78 is 0. The summed E-state index contributed by atoms with van der Waals surface area (Å²) in [6.45, 7) is 4.43. The van der Waals surface area contributed by atoms with Crippen LogP contribution in [0.1, 0.15) is 71.6 Å². The van der Waals surface area contributed by atoms with Gasteiger partial charge in [0.25, 0.3) is 0 Å². The minimum atomic E-state index is -0.427. The van der Waals surface area contributed by atoms with Crippen LogP contribution >= 0.6 is 0 Å². The lowest BCUT2D eigenvalue weighted by molar-refractivity contribution is -0.130. The van der Waals surface area contributed by atoms with Crippen LogP contribution in [0.3, 0.4) is 0 Å². The number of ketones is 1. The van der Waals surface area contributed by atoms with Gasteiger partial charge in [-0.1, -0.05) is 6.92 Å². The van der Waals surface area contributed by atoms with Crippen molar-refractivity contribution >= 4 is 13.6 Å². The van der Waals surface area contributed by atoms with E-state index in [9.17, 15) is 9.90 Å². The Morgan fingerprint density at radius 2 is 1.75 bits per heavy atom. The van der Waals surface area contributed by atoms with Crippen molar-refractivity contribution < 1.29 is 9.90 Å². The van der Waals surface area contributed by atoms with Crippen molar-refractivity contribution in [2.75, 3.05) is 0 Å². The highest BCUT2D eigenvalue weighted by molar-refractivity contribution is 6.20. The largest absolute Gasteiger partial charge is 0.390 e. The zero-order valence-electron chi connectivity index (χ0n) is 15.5. The first-order chi connectivity index (χ1) is 11.4. The summed E-state index contributed by atoms with van der Waals surface area (Å²) in [7, 11) is 5.70. The predicted octanol–water partition coefficient (Wildman–Crippen LogP) is 4.16. The lowest BCUT2D eigenvalue weighted by Crippen LogP contribution is -2.51. The molecule has 4 aliphatic rings. The molecule has 8 atom stereocenters. The Morgan fingerprint density at radius 1 is 1.00 bits per heavy atom. The van der Waals surface area contributed by atoms with Gasteiger partial charge in [0.05, 0.1) is 13.4 Å². The Kier molecular flexibility index (Phi) is 4.18. The van der Waals surface area contributed by atoms with Crippen LogP contribution in [0.4, 0.5) is 0 Å². The summed E-state index contributed by atoms with van der Waals surface area (Å²) in [6.07, 6.45) is 10.9. The van der Waals surface area contributed by atoms with E-state index in [0.29, 0.717) is 5.78 Å². The third-order valence-electron chi connectivity index (χ3n) is 8.83. The van der Waals surface area contributed by atoms with Crippen LogP contribution in [0, 0.1) is 40.9 Å². The van der Waals surface area contributed by atoms with E-state index in [1.54, 1.807) is 0 Å². The number of fused-ring (bicyclic) bond motifs is 5. The molecule has 0 aliphatic heterocycles. The van der Waals surface area contributed by atoms with E-state index in [1.807, 2.05) is 6.92 Å². The molecule has 0 spiro atoms. The van der Waals surface area contributed by atoms with Gasteiger partial charge in [-0.15, -0.1) is 0 Å². The first-order valence-electron chi connectivity index (χ1n) is 10.3. The van der Waals surface area contributed by atoms with Crippen molar-refractivity contribution in [3.05, 3.63) is 0 Å². The molecular weight excluding hydrogens is 295 g/mol. The molecule has 0 saturated heterocycles. The quantitative estimate of drug-likeness (QED) is 0.773. The first kappa shape index (κ1) is 17.1. The second kappa shape index (κ2) is 5.86. The van der Waals surface area contributed by atoms with Crippen molar-refractivity contribution in [1.82, 2.24) is 0 Å². The van der Waals surface area contributed by atoms with Crippen LogP contribution < -0.4 is 0 Å². The normalized spacial score (nSPS) is 53.8. The van der Waals surface area contributed by atoms with Crippen molar-refractivity contribution in [3.8, 4) is 0 Å². The number of carbonyl (C=O) groups is 1. The average Bonchev–Trinajstić information content (AvgIpc) is 2.90. The summed E-state index contributed by atoms with van der Waals surface area (Å²) in [5.74, 6) is 4.51. The van der Waals surface area contributed by atoms with Crippen LogP contribution in [0.15, 0.2) is 0 Å². The average molecular weight is 328 g/mol. The molecule has 2 nitrogen and oxygen atoms in total. The molecule has 0 bridgehead atoms. The number of aliphatic hydroxyl groups is 1. The standard InChI is InChI=1S/C21H33BO2/c1-20(24)9-7-14-13(11-20)3-4-16-15(14)8-10-21(2)17(16)5-6-18(21)19(23)12-22/h13-18,24H,3-12H2,1-2H3/t13-,14+,15-,16-,17+,18-,20-,21+/m1/s1. The minimum absolute atomic E-state index is 0.213. The van der Waals surface area contributed by atoms with Gasteiger partial charge in [0.15, 0.2) is 0 Å². The van der Waals surface area contributed by atoms with E-state index in [2.05, 4.69) is 6.92 Å². The molecule has 0 aromatic carbocycles. The van der Waals surface area contributed by atoms with Crippen LogP contribution in [0.5, 0.6) is 0 Å². The molecule has 0 aromatic heterocycles. The maximum atomic E-state index is 12.4. The molecule has 4 fully saturated rings. The van der Waals surface area contributed by atoms with Gasteiger partial charge in [0.2, 0.25) is 0 Å². The molecule has 0 aromatic rings. The summed E-state index contributed by atoms with van der Waals surface area (Å²) >= 11 is 0. The molecular formula is C21H33BO2. The third-order valence-corrected chi connectivity index (χ3v) is 8.83. The van der Waals surface area contributed by atoms with Crippen molar-refractivity contribution in [1.29, 1.82) is 0 Å². The number of hydrogen-bond donors (Lipinski definition) is 1. The Morgan fingerprint density at radius 3 is 2.50 bits per heavy atom. The Bertz CT molecular complexity index is 516. The van der Waals surface area contributed by atoms with Gasteiger partial charge in [0, 0.05) is 5.92 Å². The Balaban J connectivity index is 1.54. The Labute approximate surface area is 148 Å². The molecule has 2 radical (unpaired) electrons. The lowest BCUT2D eigenvalue weighted by Gasteiger charge is -2.56. The fourth-order valence-corrected chi connectivity index (χ4v) is 7.75. The maximum Gasteiger partial charge on any atom is 0.128 e. The number of rotatable bonds is 2. The highest BCUT2D eigenvalue weighted by Crippen LogP contribution is 2.64. The summed E-state index contributed by atoms with van der Waals surface area (Å²) in [6, 6.07) is 0. The van der Waals surface area contributed by atoms with Crippen LogP contribution in [0.25, 0.3) is 0 Å². The van der Waals surface area contributed by atoms with Gasteiger partial charge in [-0.05, 0) is 106 Å². The second-order valence-corrected chi connectivity index (χ2v) is 10.0. The molecule has 0 unspecified atom stereocenters. The number of carbonyl (C=O) groups excluding carboxylic acids is 1.